The van der Waals surface area contributed by atoms with E-state index in [9.17, 15) is 4.79 Å². The van der Waals surface area contributed by atoms with Crippen LogP contribution in [0.25, 0.3) is 0 Å². The Morgan fingerprint density at radius 1 is 1.16 bits per heavy atom. The lowest BCUT2D eigenvalue weighted by Crippen LogP contribution is -2.48. The predicted octanol–water partition coefficient (Wildman–Crippen LogP) is 3.05. The van der Waals surface area contributed by atoms with Gasteiger partial charge in [0, 0.05) is 38.8 Å². The number of carbonyl (C=O) groups excluding carboxylic acids is 1. The van der Waals surface area contributed by atoms with Gasteiger partial charge in [-0.05, 0) is 24.6 Å². The third kappa shape index (κ3) is 5.19. The summed E-state index contributed by atoms with van der Waals surface area (Å²) in [6.07, 6.45) is 0. The molecule has 1 aliphatic rings. The zero-order valence-electron chi connectivity index (χ0n) is 14.0. The van der Waals surface area contributed by atoms with Gasteiger partial charge in [-0.1, -0.05) is 34.4 Å². The molecule has 1 aliphatic heterocycles. The molecule has 2 aromatic rings. The Kier molecular flexibility index (Phi) is 5.96. The van der Waals surface area contributed by atoms with Crippen LogP contribution >= 0.6 is 23.2 Å². The van der Waals surface area contributed by atoms with E-state index in [0.29, 0.717) is 28.2 Å². The smallest absolute Gasteiger partial charge is 0.239 e. The van der Waals surface area contributed by atoms with Crippen molar-refractivity contribution in [2.24, 2.45) is 0 Å². The highest BCUT2D eigenvalue weighted by molar-refractivity contribution is 6.42. The summed E-state index contributed by atoms with van der Waals surface area (Å²) in [7, 11) is 0. The van der Waals surface area contributed by atoms with Crippen molar-refractivity contribution in [3.8, 4) is 0 Å². The van der Waals surface area contributed by atoms with Gasteiger partial charge >= 0.3 is 0 Å². The molecule has 1 amide bonds. The van der Waals surface area contributed by atoms with Crippen LogP contribution in [0, 0.1) is 6.92 Å². The van der Waals surface area contributed by atoms with Gasteiger partial charge in [-0.15, -0.1) is 0 Å². The highest BCUT2D eigenvalue weighted by Gasteiger charge is 2.19. The number of nitrogens with one attached hydrogen (secondary N) is 1. The molecule has 1 aromatic carbocycles. The summed E-state index contributed by atoms with van der Waals surface area (Å²) in [5, 5.41) is 7.67. The molecule has 0 saturated carbocycles. The van der Waals surface area contributed by atoms with Crippen LogP contribution < -0.4 is 5.32 Å². The standard InChI is InChI=1S/C17H20Cl2N4O2/c1-12-8-16(21-25-12)20-17(24)11-23-6-4-22(5-7-23)10-13-2-3-14(18)15(19)9-13/h2-3,8-9H,4-7,10-11H2,1H3,(H,20,21,24). The molecule has 0 radical (unpaired) electrons. The second-order valence-electron chi connectivity index (χ2n) is 6.17. The summed E-state index contributed by atoms with van der Waals surface area (Å²) >= 11 is 12.0. The summed E-state index contributed by atoms with van der Waals surface area (Å²) in [5.41, 5.74) is 1.14. The number of anilines is 1. The highest BCUT2D eigenvalue weighted by atomic mass is 35.5. The van der Waals surface area contributed by atoms with E-state index in [1.54, 1.807) is 13.0 Å². The summed E-state index contributed by atoms with van der Waals surface area (Å²) in [6, 6.07) is 7.43. The summed E-state index contributed by atoms with van der Waals surface area (Å²) in [4.78, 5) is 16.5. The molecule has 2 heterocycles. The van der Waals surface area contributed by atoms with Crippen LogP contribution in [0.1, 0.15) is 11.3 Å². The molecular formula is C17H20Cl2N4O2. The van der Waals surface area contributed by atoms with Crippen LogP contribution in [-0.4, -0.2) is 53.6 Å². The number of piperazine rings is 1. The summed E-state index contributed by atoms with van der Waals surface area (Å²) < 4.78 is 4.94. The van der Waals surface area contributed by atoms with Gasteiger partial charge in [0.2, 0.25) is 5.91 Å². The summed E-state index contributed by atoms with van der Waals surface area (Å²) in [5.74, 6) is 1.05. The van der Waals surface area contributed by atoms with Gasteiger partial charge in [0.1, 0.15) is 5.76 Å². The number of amides is 1. The fraction of sp³-hybridized carbons (Fsp3) is 0.412. The average Bonchev–Trinajstić information content (AvgIpc) is 2.97. The molecule has 1 fully saturated rings. The van der Waals surface area contributed by atoms with Gasteiger partial charge in [-0.25, -0.2) is 0 Å². The molecule has 1 saturated heterocycles. The van der Waals surface area contributed by atoms with Gasteiger partial charge in [0.25, 0.3) is 0 Å². The Bertz CT molecular complexity index is 742. The van der Waals surface area contributed by atoms with E-state index in [4.69, 9.17) is 27.7 Å². The third-order valence-electron chi connectivity index (χ3n) is 4.12. The Hall–Kier alpha value is -1.60. The molecule has 0 spiro atoms. The molecular weight excluding hydrogens is 363 g/mol. The van der Waals surface area contributed by atoms with Gasteiger partial charge in [0.05, 0.1) is 16.6 Å². The normalized spacial score (nSPS) is 16.1. The van der Waals surface area contributed by atoms with Crippen molar-refractivity contribution in [1.29, 1.82) is 0 Å². The van der Waals surface area contributed by atoms with Gasteiger partial charge in [0.15, 0.2) is 5.82 Å². The maximum atomic E-state index is 12.1. The van der Waals surface area contributed by atoms with Crippen molar-refractivity contribution in [3.05, 3.63) is 45.6 Å². The monoisotopic (exact) mass is 382 g/mol. The lowest BCUT2D eigenvalue weighted by molar-refractivity contribution is -0.117. The van der Waals surface area contributed by atoms with E-state index in [1.807, 2.05) is 18.2 Å². The number of hydrogen-bond acceptors (Lipinski definition) is 5. The van der Waals surface area contributed by atoms with Gasteiger partial charge in [-0.3, -0.25) is 14.6 Å². The maximum absolute atomic E-state index is 12.1. The first-order valence-electron chi connectivity index (χ1n) is 8.11. The van der Waals surface area contributed by atoms with E-state index in [2.05, 4.69) is 20.3 Å². The predicted molar refractivity (Wildman–Crippen MR) is 98.0 cm³/mol. The number of aryl methyl sites for hydroxylation is 1. The molecule has 25 heavy (non-hydrogen) atoms. The minimum atomic E-state index is -0.0776. The molecule has 1 aromatic heterocycles. The fourth-order valence-corrected chi connectivity index (χ4v) is 3.13. The largest absolute Gasteiger partial charge is 0.360 e. The number of halogens is 2. The van der Waals surface area contributed by atoms with E-state index >= 15 is 0 Å². The number of carbonyl (C=O) groups is 1. The Morgan fingerprint density at radius 2 is 1.88 bits per heavy atom. The molecule has 0 atom stereocenters. The average molecular weight is 383 g/mol. The Balaban J connectivity index is 1.43. The molecule has 8 heteroatoms. The van der Waals surface area contributed by atoms with Gasteiger partial charge < -0.3 is 9.84 Å². The number of hydrogen-bond donors (Lipinski definition) is 1. The molecule has 134 valence electrons. The Morgan fingerprint density at radius 3 is 2.52 bits per heavy atom. The van der Waals surface area contributed by atoms with Crippen LogP contribution in [0.3, 0.4) is 0 Å². The van der Waals surface area contributed by atoms with Crippen molar-refractivity contribution < 1.29 is 9.32 Å². The van der Waals surface area contributed by atoms with Crippen molar-refractivity contribution in [2.45, 2.75) is 13.5 Å². The zero-order valence-corrected chi connectivity index (χ0v) is 15.5. The fourth-order valence-electron chi connectivity index (χ4n) is 2.81. The van der Waals surface area contributed by atoms with Crippen molar-refractivity contribution >= 4 is 34.9 Å². The van der Waals surface area contributed by atoms with Crippen LogP contribution in [-0.2, 0) is 11.3 Å². The lowest BCUT2D eigenvalue weighted by Gasteiger charge is -2.34. The third-order valence-corrected chi connectivity index (χ3v) is 4.86. The topological polar surface area (TPSA) is 61.6 Å². The second kappa shape index (κ2) is 8.19. The lowest BCUT2D eigenvalue weighted by atomic mass is 10.2. The minimum absolute atomic E-state index is 0.0776. The number of aromatic nitrogens is 1. The van der Waals surface area contributed by atoms with Crippen LogP contribution in [0.15, 0.2) is 28.8 Å². The first kappa shape index (κ1) is 18.2. The number of benzene rings is 1. The van der Waals surface area contributed by atoms with E-state index in [-0.39, 0.29) is 5.91 Å². The first-order valence-corrected chi connectivity index (χ1v) is 8.87. The quantitative estimate of drug-likeness (QED) is 0.860. The van der Waals surface area contributed by atoms with Crippen LogP contribution in [0.2, 0.25) is 10.0 Å². The zero-order chi connectivity index (χ0) is 17.8. The van der Waals surface area contributed by atoms with E-state index < -0.39 is 0 Å². The number of rotatable bonds is 5. The second-order valence-corrected chi connectivity index (χ2v) is 6.99. The van der Waals surface area contributed by atoms with Crippen molar-refractivity contribution in [3.63, 3.8) is 0 Å². The van der Waals surface area contributed by atoms with Crippen LogP contribution in [0.5, 0.6) is 0 Å². The Labute approximate surface area is 156 Å². The molecule has 3 rings (SSSR count). The van der Waals surface area contributed by atoms with Crippen molar-refractivity contribution in [1.82, 2.24) is 15.0 Å². The minimum Gasteiger partial charge on any atom is -0.360 e. The molecule has 0 bridgehead atoms. The molecule has 0 unspecified atom stereocenters. The van der Waals surface area contributed by atoms with E-state index in [0.717, 1.165) is 38.3 Å². The summed E-state index contributed by atoms with van der Waals surface area (Å²) in [6.45, 7) is 6.45. The van der Waals surface area contributed by atoms with Gasteiger partial charge in [-0.2, -0.15) is 0 Å². The van der Waals surface area contributed by atoms with E-state index in [1.165, 1.54) is 0 Å². The van der Waals surface area contributed by atoms with Crippen molar-refractivity contribution in [2.75, 3.05) is 38.0 Å². The highest BCUT2D eigenvalue weighted by Crippen LogP contribution is 2.23. The molecule has 6 nitrogen and oxygen atoms in total. The van der Waals surface area contributed by atoms with Crippen LogP contribution in [0.4, 0.5) is 5.82 Å². The molecule has 1 N–H and O–H groups in total. The number of nitrogens with zero attached hydrogens (tertiary/aromatic N) is 3. The maximum Gasteiger partial charge on any atom is 0.239 e. The molecule has 0 aliphatic carbocycles. The first-order chi connectivity index (χ1) is 12.0. The SMILES string of the molecule is Cc1cc(NC(=O)CN2CCN(Cc3ccc(Cl)c(Cl)c3)CC2)no1.